The zero-order valence-electron chi connectivity index (χ0n) is 11.3. The Kier molecular flexibility index (Phi) is 4.96. The van der Waals surface area contributed by atoms with Crippen LogP contribution in [0, 0.1) is 0 Å². The van der Waals surface area contributed by atoms with Crippen molar-refractivity contribution in [3.05, 3.63) is 46.1 Å². The zero-order valence-corrected chi connectivity index (χ0v) is 13.0. The van der Waals surface area contributed by atoms with Gasteiger partial charge < -0.3 is 10.1 Å². The lowest BCUT2D eigenvalue weighted by atomic mass is 9.95. The van der Waals surface area contributed by atoms with Crippen molar-refractivity contribution in [1.29, 1.82) is 0 Å². The van der Waals surface area contributed by atoms with Gasteiger partial charge in [0.05, 0.1) is 18.2 Å². The SMILES string of the molecule is CCOC(=O)C1=C(C)NC(S)NC1c1ccccc1Cl. The van der Waals surface area contributed by atoms with Gasteiger partial charge in [-0.2, -0.15) is 0 Å². The van der Waals surface area contributed by atoms with E-state index in [-0.39, 0.29) is 17.5 Å². The number of ether oxygens (including phenoxy) is 1. The second kappa shape index (κ2) is 6.52. The highest BCUT2D eigenvalue weighted by Gasteiger charge is 2.32. The molecule has 0 aromatic heterocycles. The van der Waals surface area contributed by atoms with E-state index in [2.05, 4.69) is 23.3 Å². The number of hydrogen-bond donors (Lipinski definition) is 3. The van der Waals surface area contributed by atoms with E-state index in [1.54, 1.807) is 13.0 Å². The summed E-state index contributed by atoms with van der Waals surface area (Å²) in [7, 11) is 0. The van der Waals surface area contributed by atoms with E-state index in [9.17, 15) is 4.79 Å². The molecule has 1 heterocycles. The van der Waals surface area contributed by atoms with Gasteiger partial charge in [0.25, 0.3) is 0 Å². The van der Waals surface area contributed by atoms with Crippen LogP contribution in [0.2, 0.25) is 5.02 Å². The molecule has 20 heavy (non-hydrogen) atoms. The van der Waals surface area contributed by atoms with Crippen LogP contribution in [-0.2, 0) is 9.53 Å². The first-order valence-corrected chi connectivity index (χ1v) is 7.27. The molecule has 0 saturated carbocycles. The van der Waals surface area contributed by atoms with Crippen LogP contribution < -0.4 is 10.6 Å². The summed E-state index contributed by atoms with van der Waals surface area (Å²) in [4.78, 5) is 12.2. The lowest BCUT2D eigenvalue weighted by Crippen LogP contribution is -2.47. The Morgan fingerprint density at radius 3 is 2.80 bits per heavy atom. The van der Waals surface area contributed by atoms with Gasteiger partial charge >= 0.3 is 5.97 Å². The Balaban J connectivity index is 2.45. The second-order valence-electron chi connectivity index (χ2n) is 4.43. The van der Waals surface area contributed by atoms with E-state index in [1.807, 2.05) is 25.1 Å². The quantitative estimate of drug-likeness (QED) is 0.593. The number of halogens is 1. The third-order valence-electron chi connectivity index (χ3n) is 3.08. The highest BCUT2D eigenvalue weighted by atomic mass is 35.5. The summed E-state index contributed by atoms with van der Waals surface area (Å²) in [5.74, 6) is -0.352. The molecule has 0 amide bonds. The van der Waals surface area contributed by atoms with Crippen LogP contribution in [0.25, 0.3) is 0 Å². The van der Waals surface area contributed by atoms with E-state index in [0.717, 1.165) is 11.3 Å². The number of benzene rings is 1. The van der Waals surface area contributed by atoms with Crippen LogP contribution in [0.15, 0.2) is 35.5 Å². The molecule has 0 spiro atoms. The Hall–Kier alpha value is -1.17. The summed E-state index contributed by atoms with van der Waals surface area (Å²) >= 11 is 10.6. The minimum absolute atomic E-state index is 0.255. The van der Waals surface area contributed by atoms with Crippen molar-refractivity contribution in [2.75, 3.05) is 6.61 Å². The molecular weight excluding hydrogens is 296 g/mol. The standard InChI is InChI=1S/C14H17ClN2O2S/c1-3-19-13(18)11-8(2)16-14(20)17-12(11)9-6-4-5-7-10(9)15/h4-7,12,14,16-17,20H,3H2,1-2H3. The number of nitrogens with one attached hydrogen (secondary N) is 2. The van der Waals surface area contributed by atoms with Crippen molar-refractivity contribution < 1.29 is 9.53 Å². The van der Waals surface area contributed by atoms with Crippen LogP contribution in [0.3, 0.4) is 0 Å². The maximum absolute atomic E-state index is 12.2. The van der Waals surface area contributed by atoms with E-state index >= 15 is 0 Å². The van der Waals surface area contributed by atoms with Gasteiger partial charge in [-0.05, 0) is 25.5 Å². The van der Waals surface area contributed by atoms with E-state index in [0.29, 0.717) is 17.2 Å². The molecule has 1 aromatic rings. The smallest absolute Gasteiger partial charge is 0.337 e. The van der Waals surface area contributed by atoms with Crippen LogP contribution in [-0.4, -0.2) is 18.1 Å². The Bertz CT molecular complexity index is 548. The van der Waals surface area contributed by atoms with Crippen LogP contribution in [0.1, 0.15) is 25.5 Å². The van der Waals surface area contributed by atoms with Crippen molar-refractivity contribution in [3.63, 3.8) is 0 Å². The average molecular weight is 313 g/mol. The largest absolute Gasteiger partial charge is 0.463 e. The fourth-order valence-electron chi connectivity index (χ4n) is 2.22. The van der Waals surface area contributed by atoms with Gasteiger partial charge in [-0.25, -0.2) is 4.79 Å². The van der Waals surface area contributed by atoms with E-state index in [1.165, 1.54) is 0 Å². The topological polar surface area (TPSA) is 50.4 Å². The summed E-state index contributed by atoms with van der Waals surface area (Å²) in [6.45, 7) is 3.94. The van der Waals surface area contributed by atoms with Gasteiger partial charge in [0.15, 0.2) is 0 Å². The van der Waals surface area contributed by atoms with Gasteiger partial charge in [-0.3, -0.25) is 5.32 Å². The first-order chi connectivity index (χ1) is 9.54. The van der Waals surface area contributed by atoms with Gasteiger partial charge in [-0.1, -0.05) is 29.8 Å². The van der Waals surface area contributed by atoms with Crippen LogP contribution in [0.5, 0.6) is 0 Å². The summed E-state index contributed by atoms with van der Waals surface area (Å²) in [6.07, 6.45) is 0. The van der Waals surface area contributed by atoms with Crippen molar-refractivity contribution in [1.82, 2.24) is 10.6 Å². The maximum Gasteiger partial charge on any atom is 0.337 e. The van der Waals surface area contributed by atoms with Crippen molar-refractivity contribution in [3.8, 4) is 0 Å². The second-order valence-corrected chi connectivity index (χ2v) is 5.35. The molecule has 0 aliphatic carbocycles. The summed E-state index contributed by atoms with van der Waals surface area (Å²) in [5, 5.41) is 6.88. The zero-order chi connectivity index (χ0) is 14.7. The molecule has 0 radical (unpaired) electrons. The van der Waals surface area contributed by atoms with Gasteiger partial charge in [0.1, 0.15) is 5.50 Å². The molecule has 2 unspecified atom stereocenters. The van der Waals surface area contributed by atoms with Gasteiger partial charge in [0.2, 0.25) is 0 Å². The highest BCUT2D eigenvalue weighted by molar-refractivity contribution is 7.80. The predicted molar refractivity (Wildman–Crippen MR) is 82.6 cm³/mol. The number of rotatable bonds is 3. The number of carbonyl (C=O) groups is 1. The van der Waals surface area contributed by atoms with Crippen LogP contribution >= 0.6 is 24.2 Å². The number of thiol groups is 1. The maximum atomic E-state index is 12.2. The molecule has 2 rings (SSSR count). The summed E-state index contributed by atoms with van der Waals surface area (Å²) in [6, 6.07) is 7.08. The molecule has 2 N–H and O–H groups in total. The average Bonchev–Trinajstić information content (AvgIpc) is 2.38. The fourth-order valence-corrected chi connectivity index (χ4v) is 2.80. The first kappa shape index (κ1) is 15.2. The minimum atomic E-state index is -0.352. The number of esters is 1. The summed E-state index contributed by atoms with van der Waals surface area (Å²) < 4.78 is 5.13. The van der Waals surface area contributed by atoms with Crippen LogP contribution in [0.4, 0.5) is 0 Å². The molecule has 6 heteroatoms. The third kappa shape index (κ3) is 3.11. The molecule has 108 valence electrons. The van der Waals surface area contributed by atoms with Crippen molar-refractivity contribution in [2.45, 2.75) is 25.4 Å². The Morgan fingerprint density at radius 1 is 1.45 bits per heavy atom. The lowest BCUT2D eigenvalue weighted by molar-refractivity contribution is -0.139. The minimum Gasteiger partial charge on any atom is -0.463 e. The van der Waals surface area contributed by atoms with E-state index < -0.39 is 0 Å². The lowest BCUT2D eigenvalue weighted by Gasteiger charge is -2.33. The summed E-state index contributed by atoms with van der Waals surface area (Å²) in [5.41, 5.74) is 1.85. The normalized spacial score (nSPS) is 22.4. The number of allylic oxidation sites excluding steroid dienone is 1. The first-order valence-electron chi connectivity index (χ1n) is 6.37. The van der Waals surface area contributed by atoms with Crippen molar-refractivity contribution >= 4 is 30.2 Å². The fraction of sp³-hybridized carbons (Fsp3) is 0.357. The molecule has 0 saturated heterocycles. The molecular formula is C14H17ClN2O2S. The molecule has 1 aliphatic heterocycles. The van der Waals surface area contributed by atoms with Gasteiger partial charge in [0, 0.05) is 10.7 Å². The number of carbonyl (C=O) groups excluding carboxylic acids is 1. The molecule has 4 nitrogen and oxygen atoms in total. The van der Waals surface area contributed by atoms with Crippen molar-refractivity contribution in [2.24, 2.45) is 0 Å². The predicted octanol–water partition coefficient (Wildman–Crippen LogP) is 2.62. The molecule has 1 aliphatic rings. The monoisotopic (exact) mass is 312 g/mol. The Morgan fingerprint density at radius 2 is 2.15 bits per heavy atom. The van der Waals surface area contributed by atoms with E-state index in [4.69, 9.17) is 16.3 Å². The highest BCUT2D eigenvalue weighted by Crippen LogP contribution is 2.32. The molecule has 1 aromatic carbocycles. The molecule has 2 atom stereocenters. The number of hydrogen-bond acceptors (Lipinski definition) is 5. The Labute approximate surface area is 128 Å². The molecule has 0 fully saturated rings. The third-order valence-corrected chi connectivity index (χ3v) is 3.70. The molecule has 0 bridgehead atoms. The van der Waals surface area contributed by atoms with Gasteiger partial charge in [-0.15, -0.1) is 12.6 Å².